The predicted molar refractivity (Wildman–Crippen MR) is 171 cm³/mol. The summed E-state index contributed by atoms with van der Waals surface area (Å²) in [5, 5.41) is 9.10. The van der Waals surface area contributed by atoms with Crippen molar-refractivity contribution in [2.24, 2.45) is 46.3 Å². The predicted octanol–water partition coefficient (Wildman–Crippen LogP) is 9.89. The summed E-state index contributed by atoms with van der Waals surface area (Å²) in [6.07, 6.45) is 17.8. The fourth-order valence-electron chi connectivity index (χ4n) is 10.2. The van der Waals surface area contributed by atoms with Crippen molar-refractivity contribution in [2.45, 2.75) is 157 Å². The SMILES string of the molecule is CC(C)CCC[C@@H](C)[C@H]1CCC2C3CC=C4C[C@@H](N(CCCCC(=O)O)C(=O)OC(C)(C)C)CC[C@]4(C)C3CC[C@@]21C. The number of allylic oxidation sites excluding steroid dienone is 1. The van der Waals surface area contributed by atoms with Gasteiger partial charge in [-0.15, -0.1) is 0 Å². The molecule has 0 spiro atoms. The van der Waals surface area contributed by atoms with Crippen molar-refractivity contribution in [1.82, 2.24) is 4.90 Å². The standard InChI is InChI=1S/C37H63NO4/c1-25(2)12-11-13-26(3)30-17-18-31-29-16-15-27-24-28(19-21-36(27,7)32(29)20-22-37(30,31)8)38(23-10-9-14-33(39)40)34(41)42-35(4,5)6/h15,25-26,28-32H,9-14,16-24H2,1-8H3,(H,39,40)/t26-,28+,29?,30-,31?,32?,36+,37-/m1/s1. The van der Waals surface area contributed by atoms with Gasteiger partial charge in [-0.25, -0.2) is 4.79 Å². The number of fused-ring (bicyclic) bond motifs is 5. The van der Waals surface area contributed by atoms with Crippen LogP contribution in [0.2, 0.25) is 0 Å². The number of aliphatic carboxylic acids is 1. The molecule has 3 unspecified atom stereocenters. The fourth-order valence-corrected chi connectivity index (χ4v) is 10.2. The molecule has 4 rings (SSSR count). The first-order chi connectivity index (χ1) is 19.7. The number of hydrogen-bond acceptors (Lipinski definition) is 3. The zero-order chi connectivity index (χ0) is 30.9. The van der Waals surface area contributed by atoms with Gasteiger partial charge >= 0.3 is 12.1 Å². The van der Waals surface area contributed by atoms with Crippen LogP contribution in [0.1, 0.15) is 145 Å². The summed E-state index contributed by atoms with van der Waals surface area (Å²) < 4.78 is 5.85. The Labute approximate surface area is 257 Å². The van der Waals surface area contributed by atoms with E-state index in [1.807, 2.05) is 25.7 Å². The van der Waals surface area contributed by atoms with E-state index >= 15 is 0 Å². The van der Waals surface area contributed by atoms with Gasteiger partial charge < -0.3 is 14.7 Å². The molecule has 42 heavy (non-hydrogen) atoms. The Morgan fingerprint density at radius 3 is 2.40 bits per heavy atom. The molecule has 240 valence electrons. The minimum atomic E-state index is -0.771. The Kier molecular flexibility index (Phi) is 10.5. The number of carboxylic acids is 1. The summed E-state index contributed by atoms with van der Waals surface area (Å²) in [6.45, 7) is 18.8. The van der Waals surface area contributed by atoms with Crippen LogP contribution in [0.5, 0.6) is 0 Å². The second-order valence-corrected chi connectivity index (χ2v) is 16.7. The van der Waals surface area contributed by atoms with Gasteiger partial charge in [0.25, 0.3) is 0 Å². The number of unbranched alkanes of at least 4 members (excludes halogenated alkanes) is 1. The van der Waals surface area contributed by atoms with E-state index in [1.165, 1.54) is 51.4 Å². The molecule has 1 N–H and O–H groups in total. The first-order valence-electron chi connectivity index (χ1n) is 17.6. The summed E-state index contributed by atoms with van der Waals surface area (Å²) in [7, 11) is 0. The highest BCUT2D eigenvalue weighted by atomic mass is 16.6. The normalized spacial score (nSPS) is 35.1. The molecular weight excluding hydrogens is 522 g/mol. The maximum absolute atomic E-state index is 13.4. The molecule has 0 aromatic rings. The van der Waals surface area contributed by atoms with Crippen LogP contribution in [-0.4, -0.2) is 40.3 Å². The number of nitrogens with zero attached hydrogens (tertiary/aromatic N) is 1. The summed E-state index contributed by atoms with van der Waals surface area (Å²) in [6, 6.07) is 0.136. The van der Waals surface area contributed by atoms with E-state index in [9.17, 15) is 9.59 Å². The summed E-state index contributed by atoms with van der Waals surface area (Å²) in [5.41, 5.74) is 1.78. The van der Waals surface area contributed by atoms with Crippen LogP contribution >= 0.6 is 0 Å². The van der Waals surface area contributed by atoms with Crippen LogP contribution in [0, 0.1) is 46.3 Å². The number of ether oxygens (including phenoxy) is 1. The molecule has 5 nitrogen and oxygen atoms in total. The molecular formula is C37H63NO4. The highest BCUT2D eigenvalue weighted by molar-refractivity contribution is 5.69. The third-order valence-electron chi connectivity index (χ3n) is 12.4. The lowest BCUT2D eigenvalue weighted by atomic mass is 9.46. The molecule has 0 bridgehead atoms. The number of rotatable bonds is 11. The molecule has 4 aliphatic rings. The van der Waals surface area contributed by atoms with Gasteiger partial charge in [-0.1, -0.05) is 65.5 Å². The van der Waals surface area contributed by atoms with E-state index in [0.29, 0.717) is 24.8 Å². The Balaban J connectivity index is 1.46. The molecule has 0 radical (unpaired) electrons. The lowest BCUT2D eigenvalue weighted by molar-refractivity contribution is -0.137. The van der Waals surface area contributed by atoms with E-state index in [0.717, 1.165) is 54.8 Å². The molecule has 8 atom stereocenters. The van der Waals surface area contributed by atoms with Crippen LogP contribution < -0.4 is 0 Å². The molecule has 4 aliphatic carbocycles. The van der Waals surface area contributed by atoms with Crippen LogP contribution in [-0.2, 0) is 9.53 Å². The van der Waals surface area contributed by atoms with Crippen molar-refractivity contribution >= 4 is 12.1 Å². The Bertz CT molecular complexity index is 981. The van der Waals surface area contributed by atoms with Gasteiger partial charge in [-0.2, -0.15) is 0 Å². The van der Waals surface area contributed by atoms with Gasteiger partial charge in [0, 0.05) is 19.0 Å². The summed E-state index contributed by atoms with van der Waals surface area (Å²) >= 11 is 0. The van der Waals surface area contributed by atoms with Gasteiger partial charge in [0.15, 0.2) is 0 Å². The first-order valence-corrected chi connectivity index (χ1v) is 17.6. The van der Waals surface area contributed by atoms with Crippen LogP contribution in [0.3, 0.4) is 0 Å². The van der Waals surface area contributed by atoms with E-state index in [2.05, 4.69) is 40.7 Å². The number of amides is 1. The number of carboxylic acid groups (broad SMARTS) is 1. The minimum absolute atomic E-state index is 0.136. The second-order valence-electron chi connectivity index (χ2n) is 16.7. The van der Waals surface area contributed by atoms with Crippen molar-refractivity contribution < 1.29 is 19.4 Å². The van der Waals surface area contributed by atoms with Crippen LogP contribution in [0.25, 0.3) is 0 Å². The molecule has 0 aromatic carbocycles. The first kappa shape index (κ1) is 33.4. The van der Waals surface area contributed by atoms with E-state index in [4.69, 9.17) is 9.84 Å². The smallest absolute Gasteiger partial charge is 0.410 e. The average Bonchev–Trinajstić information content (AvgIpc) is 3.24. The molecule has 3 fully saturated rings. The summed E-state index contributed by atoms with van der Waals surface area (Å²) in [5.74, 6) is 4.18. The van der Waals surface area contributed by atoms with E-state index in [1.54, 1.807) is 5.57 Å². The Morgan fingerprint density at radius 1 is 1.00 bits per heavy atom. The van der Waals surface area contributed by atoms with Crippen molar-refractivity contribution in [1.29, 1.82) is 0 Å². The third kappa shape index (κ3) is 7.23. The van der Waals surface area contributed by atoms with Crippen molar-refractivity contribution in [3.63, 3.8) is 0 Å². The lowest BCUT2D eigenvalue weighted by Gasteiger charge is -2.59. The van der Waals surface area contributed by atoms with Gasteiger partial charge in [-0.3, -0.25) is 4.79 Å². The average molecular weight is 586 g/mol. The second kappa shape index (κ2) is 13.2. The largest absolute Gasteiger partial charge is 0.481 e. The highest BCUT2D eigenvalue weighted by Crippen LogP contribution is 2.67. The molecule has 1 amide bonds. The molecule has 0 saturated heterocycles. The third-order valence-corrected chi connectivity index (χ3v) is 12.4. The molecule has 3 saturated carbocycles. The monoisotopic (exact) mass is 585 g/mol. The van der Waals surface area contributed by atoms with Gasteiger partial charge in [0.2, 0.25) is 0 Å². The van der Waals surface area contributed by atoms with E-state index in [-0.39, 0.29) is 24.0 Å². The van der Waals surface area contributed by atoms with Crippen LogP contribution in [0.4, 0.5) is 4.79 Å². The van der Waals surface area contributed by atoms with Crippen molar-refractivity contribution in [3.8, 4) is 0 Å². The Morgan fingerprint density at radius 2 is 1.74 bits per heavy atom. The maximum atomic E-state index is 13.4. The van der Waals surface area contributed by atoms with Gasteiger partial charge in [0.1, 0.15) is 5.60 Å². The number of carbonyl (C=O) groups excluding carboxylic acids is 1. The molecule has 0 heterocycles. The van der Waals surface area contributed by atoms with E-state index < -0.39 is 11.6 Å². The quantitative estimate of drug-likeness (QED) is 0.194. The highest BCUT2D eigenvalue weighted by Gasteiger charge is 2.59. The fraction of sp³-hybridized carbons (Fsp3) is 0.892. The molecule has 0 aromatic heterocycles. The number of carbonyl (C=O) groups is 2. The maximum Gasteiger partial charge on any atom is 0.410 e. The van der Waals surface area contributed by atoms with Gasteiger partial charge in [-0.05, 0) is 131 Å². The Hall–Kier alpha value is -1.52. The molecule has 5 heteroatoms. The molecule has 0 aliphatic heterocycles. The van der Waals surface area contributed by atoms with Gasteiger partial charge in [0.05, 0.1) is 0 Å². The van der Waals surface area contributed by atoms with Crippen LogP contribution in [0.15, 0.2) is 11.6 Å². The number of hydrogen-bond donors (Lipinski definition) is 1. The zero-order valence-corrected chi connectivity index (χ0v) is 28.3. The zero-order valence-electron chi connectivity index (χ0n) is 28.3. The minimum Gasteiger partial charge on any atom is -0.481 e. The summed E-state index contributed by atoms with van der Waals surface area (Å²) in [4.78, 5) is 26.4. The lowest BCUT2D eigenvalue weighted by Crippen LogP contribution is -2.53. The topological polar surface area (TPSA) is 66.8 Å². The van der Waals surface area contributed by atoms with Crippen molar-refractivity contribution in [3.05, 3.63) is 11.6 Å². The van der Waals surface area contributed by atoms with Crippen molar-refractivity contribution in [2.75, 3.05) is 6.54 Å².